The first-order valence-corrected chi connectivity index (χ1v) is 4.46. The van der Waals surface area contributed by atoms with Gasteiger partial charge in [0.15, 0.2) is 0 Å². The van der Waals surface area contributed by atoms with Crippen LogP contribution in [0.4, 0.5) is 15.8 Å². The van der Waals surface area contributed by atoms with Crippen molar-refractivity contribution in [1.82, 2.24) is 4.57 Å². The first-order chi connectivity index (χ1) is 7.58. The van der Waals surface area contributed by atoms with Crippen LogP contribution in [0.2, 0.25) is 0 Å². The Hall–Kier alpha value is -2.37. The number of hydrogen-bond donors (Lipinski definition) is 1. The molecule has 0 spiro atoms. The van der Waals surface area contributed by atoms with E-state index in [-0.39, 0.29) is 17.2 Å². The summed E-state index contributed by atoms with van der Waals surface area (Å²) in [5.41, 5.74) is 5.99. The number of benzene rings is 1. The lowest BCUT2D eigenvalue weighted by Crippen LogP contribution is -1.98. The molecule has 0 unspecified atom stereocenters. The maximum Gasteiger partial charge on any atom is 0.292 e. The summed E-state index contributed by atoms with van der Waals surface area (Å²) >= 11 is 0. The van der Waals surface area contributed by atoms with Gasteiger partial charge in [-0.25, -0.2) is 4.39 Å². The molecular weight excluding hydrogens is 213 g/mol. The van der Waals surface area contributed by atoms with Crippen molar-refractivity contribution in [2.45, 2.75) is 0 Å². The van der Waals surface area contributed by atoms with Crippen molar-refractivity contribution in [3.8, 4) is 5.69 Å². The van der Waals surface area contributed by atoms with Crippen LogP contribution in [-0.2, 0) is 0 Å². The van der Waals surface area contributed by atoms with Gasteiger partial charge in [0, 0.05) is 24.1 Å². The number of aromatic nitrogens is 1. The average molecular weight is 221 g/mol. The lowest BCUT2D eigenvalue weighted by molar-refractivity contribution is -0.383. The smallest absolute Gasteiger partial charge is 0.292 e. The van der Waals surface area contributed by atoms with Gasteiger partial charge in [-0.05, 0) is 18.2 Å². The fraction of sp³-hybridized carbons (Fsp3) is 0. The first-order valence-electron chi connectivity index (χ1n) is 4.46. The third-order valence-electron chi connectivity index (χ3n) is 2.16. The highest BCUT2D eigenvalue weighted by Gasteiger charge is 2.11. The number of nitro groups is 1. The van der Waals surface area contributed by atoms with Crippen molar-refractivity contribution in [2.24, 2.45) is 0 Å². The summed E-state index contributed by atoms with van der Waals surface area (Å²) in [7, 11) is 0. The molecule has 1 aromatic carbocycles. The molecule has 0 aliphatic rings. The van der Waals surface area contributed by atoms with Gasteiger partial charge >= 0.3 is 0 Å². The minimum absolute atomic E-state index is 0.0524. The van der Waals surface area contributed by atoms with Crippen molar-refractivity contribution in [1.29, 1.82) is 0 Å². The van der Waals surface area contributed by atoms with Crippen molar-refractivity contribution in [3.05, 3.63) is 52.6 Å². The third kappa shape index (κ3) is 1.72. The highest BCUT2D eigenvalue weighted by molar-refractivity contribution is 5.62. The molecule has 82 valence electrons. The average Bonchev–Trinajstić information content (AvgIpc) is 2.64. The molecule has 0 saturated carbocycles. The van der Waals surface area contributed by atoms with Gasteiger partial charge in [0.2, 0.25) is 0 Å². The highest BCUT2D eigenvalue weighted by Crippen LogP contribution is 2.24. The molecule has 0 radical (unpaired) electrons. The van der Waals surface area contributed by atoms with Gasteiger partial charge in [0.05, 0.1) is 4.92 Å². The Kier molecular flexibility index (Phi) is 2.32. The zero-order chi connectivity index (χ0) is 11.7. The third-order valence-corrected chi connectivity index (χ3v) is 2.16. The summed E-state index contributed by atoms with van der Waals surface area (Å²) in [6.45, 7) is 0. The molecule has 2 aromatic rings. The monoisotopic (exact) mass is 221 g/mol. The summed E-state index contributed by atoms with van der Waals surface area (Å²) in [4.78, 5) is 9.97. The van der Waals surface area contributed by atoms with E-state index in [1.54, 1.807) is 0 Å². The van der Waals surface area contributed by atoms with Crippen molar-refractivity contribution < 1.29 is 9.31 Å². The van der Waals surface area contributed by atoms with E-state index in [9.17, 15) is 14.5 Å². The highest BCUT2D eigenvalue weighted by atomic mass is 19.1. The van der Waals surface area contributed by atoms with E-state index in [1.807, 2.05) is 0 Å². The van der Waals surface area contributed by atoms with E-state index in [2.05, 4.69) is 0 Å². The Labute approximate surface area is 90.1 Å². The molecular formula is C10H8FN3O2. The predicted molar refractivity (Wildman–Crippen MR) is 56.8 cm³/mol. The molecule has 2 rings (SSSR count). The van der Waals surface area contributed by atoms with Crippen LogP contribution in [0.15, 0.2) is 36.7 Å². The number of nitrogens with zero attached hydrogens (tertiary/aromatic N) is 2. The fourth-order valence-electron chi connectivity index (χ4n) is 1.40. The van der Waals surface area contributed by atoms with Gasteiger partial charge < -0.3 is 10.3 Å². The van der Waals surface area contributed by atoms with Crippen molar-refractivity contribution in [2.75, 3.05) is 5.73 Å². The van der Waals surface area contributed by atoms with Crippen molar-refractivity contribution >= 4 is 11.4 Å². The fourth-order valence-corrected chi connectivity index (χ4v) is 1.40. The second-order valence-corrected chi connectivity index (χ2v) is 3.24. The molecule has 2 N–H and O–H groups in total. The normalized spacial score (nSPS) is 10.3. The predicted octanol–water partition coefficient (Wildman–Crippen LogP) is 2.11. The number of hydrogen-bond acceptors (Lipinski definition) is 3. The van der Waals surface area contributed by atoms with Crippen LogP contribution in [0.5, 0.6) is 0 Å². The Morgan fingerprint density at radius 1 is 1.38 bits per heavy atom. The van der Waals surface area contributed by atoms with Crippen LogP contribution >= 0.6 is 0 Å². The Morgan fingerprint density at radius 2 is 2.12 bits per heavy atom. The van der Waals surface area contributed by atoms with E-state index in [0.717, 1.165) is 0 Å². The van der Waals surface area contributed by atoms with E-state index >= 15 is 0 Å². The molecule has 16 heavy (non-hydrogen) atoms. The molecule has 1 aromatic heterocycles. The summed E-state index contributed by atoms with van der Waals surface area (Å²) < 4.78 is 14.3. The molecule has 0 atom stereocenters. The maximum atomic E-state index is 12.8. The molecule has 6 heteroatoms. The lowest BCUT2D eigenvalue weighted by atomic mass is 10.2. The van der Waals surface area contributed by atoms with E-state index < -0.39 is 4.92 Å². The lowest BCUT2D eigenvalue weighted by Gasteiger charge is -2.03. The first kappa shape index (κ1) is 10.2. The maximum absolute atomic E-state index is 12.8. The molecule has 0 aliphatic heterocycles. The van der Waals surface area contributed by atoms with E-state index in [0.29, 0.717) is 5.69 Å². The van der Waals surface area contributed by atoms with Crippen LogP contribution in [-0.4, -0.2) is 9.49 Å². The van der Waals surface area contributed by atoms with Crippen LogP contribution in [0.1, 0.15) is 0 Å². The van der Waals surface area contributed by atoms with E-state index in [1.165, 1.54) is 41.2 Å². The number of rotatable bonds is 2. The van der Waals surface area contributed by atoms with Crippen LogP contribution in [0.25, 0.3) is 5.69 Å². The summed E-state index contributed by atoms with van der Waals surface area (Å²) in [5, 5.41) is 10.5. The van der Waals surface area contributed by atoms with Gasteiger partial charge in [-0.1, -0.05) is 0 Å². The Bertz CT molecular complexity index is 551. The molecule has 0 aliphatic carbocycles. The molecule has 0 fully saturated rings. The van der Waals surface area contributed by atoms with Gasteiger partial charge in [0.25, 0.3) is 5.69 Å². The molecule has 0 saturated heterocycles. The zero-order valence-corrected chi connectivity index (χ0v) is 8.13. The minimum atomic E-state index is -0.560. The second-order valence-electron chi connectivity index (χ2n) is 3.24. The van der Waals surface area contributed by atoms with Gasteiger partial charge in [-0.2, -0.15) is 0 Å². The summed E-state index contributed by atoms with van der Waals surface area (Å²) in [5.74, 6) is -0.378. The Balaban J connectivity index is 2.45. The molecule has 5 nitrogen and oxygen atoms in total. The number of nitrogens with two attached hydrogens (primary N) is 1. The quantitative estimate of drug-likeness (QED) is 0.479. The minimum Gasteiger partial charge on any atom is -0.393 e. The number of nitrogen functional groups attached to an aromatic ring is 1. The van der Waals surface area contributed by atoms with Gasteiger partial charge in [-0.3, -0.25) is 10.1 Å². The largest absolute Gasteiger partial charge is 0.393 e. The molecule has 1 heterocycles. The Morgan fingerprint density at radius 3 is 2.62 bits per heavy atom. The van der Waals surface area contributed by atoms with Crippen LogP contribution < -0.4 is 5.73 Å². The number of nitro benzene ring substituents is 1. The van der Waals surface area contributed by atoms with Crippen LogP contribution in [0.3, 0.4) is 0 Å². The topological polar surface area (TPSA) is 74.1 Å². The van der Waals surface area contributed by atoms with Gasteiger partial charge in [0.1, 0.15) is 11.5 Å². The molecule has 0 amide bonds. The standard InChI is InChI=1S/C10H8FN3O2/c11-7-3-4-13(6-7)8-1-2-10(14(15)16)9(12)5-8/h1-6H,12H2. The SMILES string of the molecule is Nc1cc(-n2ccc(F)c2)ccc1[N+](=O)[O-]. The second kappa shape index (κ2) is 3.65. The van der Waals surface area contributed by atoms with E-state index in [4.69, 9.17) is 5.73 Å². The van der Waals surface area contributed by atoms with Crippen molar-refractivity contribution in [3.63, 3.8) is 0 Å². The van der Waals surface area contributed by atoms with Gasteiger partial charge in [-0.15, -0.1) is 0 Å². The summed E-state index contributed by atoms with van der Waals surface area (Å²) in [6, 6.07) is 5.52. The zero-order valence-electron chi connectivity index (χ0n) is 8.13. The number of halogens is 1. The number of anilines is 1. The molecule has 0 bridgehead atoms. The van der Waals surface area contributed by atoms with Crippen LogP contribution in [0, 0.1) is 15.9 Å². The summed E-state index contributed by atoms with van der Waals surface area (Å²) in [6.07, 6.45) is 2.77.